The predicted molar refractivity (Wildman–Crippen MR) is 123 cm³/mol. The predicted octanol–water partition coefficient (Wildman–Crippen LogP) is 2.67. The fourth-order valence-electron chi connectivity index (χ4n) is 3.62. The molecule has 9 nitrogen and oxygen atoms in total. The summed E-state index contributed by atoms with van der Waals surface area (Å²) in [5.74, 6) is 1.29. The molecular weight excluding hydrogens is 422 g/mol. The molecule has 1 amide bonds. The highest BCUT2D eigenvalue weighted by Crippen LogP contribution is 2.29. The van der Waals surface area contributed by atoms with E-state index in [0.717, 1.165) is 42.4 Å². The highest BCUT2D eigenvalue weighted by molar-refractivity contribution is 5.75. The van der Waals surface area contributed by atoms with Crippen LogP contribution in [0, 0.1) is 0 Å². The number of hydrogen-bond donors (Lipinski definition) is 2. The van der Waals surface area contributed by atoms with Gasteiger partial charge in [-0.2, -0.15) is 0 Å². The van der Waals surface area contributed by atoms with Crippen LogP contribution in [0.15, 0.2) is 60.9 Å². The van der Waals surface area contributed by atoms with E-state index in [0.29, 0.717) is 18.1 Å². The number of methoxy groups -OCH3 is 1. The molecule has 2 aromatic heterocycles. The summed E-state index contributed by atoms with van der Waals surface area (Å²) in [4.78, 5) is 22.2. The highest BCUT2D eigenvalue weighted by atomic mass is 16.5. The molecule has 1 aliphatic heterocycles. The van der Waals surface area contributed by atoms with Crippen LogP contribution in [-0.4, -0.2) is 54.2 Å². The third-order valence-electron chi connectivity index (χ3n) is 5.21. The van der Waals surface area contributed by atoms with E-state index in [1.54, 1.807) is 25.6 Å². The molecule has 172 valence electrons. The zero-order valence-electron chi connectivity index (χ0n) is 18.4. The van der Waals surface area contributed by atoms with Gasteiger partial charge in [0.05, 0.1) is 31.3 Å². The molecule has 3 N–H and O–H groups in total. The van der Waals surface area contributed by atoms with Gasteiger partial charge >= 0.3 is 0 Å². The van der Waals surface area contributed by atoms with Crippen LogP contribution in [0.5, 0.6) is 11.5 Å². The van der Waals surface area contributed by atoms with E-state index < -0.39 is 5.91 Å². The van der Waals surface area contributed by atoms with Crippen LogP contribution in [0.3, 0.4) is 0 Å². The Hall–Kier alpha value is -3.69. The molecule has 0 saturated carbocycles. The minimum Gasteiger partial charge on any atom is -0.493 e. The van der Waals surface area contributed by atoms with Crippen molar-refractivity contribution in [3.63, 3.8) is 0 Å². The first kappa shape index (κ1) is 22.5. The Morgan fingerprint density at radius 2 is 2.12 bits per heavy atom. The van der Waals surface area contributed by atoms with Crippen LogP contribution < -0.4 is 20.5 Å². The van der Waals surface area contributed by atoms with Gasteiger partial charge in [0, 0.05) is 25.8 Å². The Kier molecular flexibility index (Phi) is 7.33. The first-order valence-electron chi connectivity index (χ1n) is 10.7. The quantitative estimate of drug-likeness (QED) is 0.513. The van der Waals surface area contributed by atoms with Crippen molar-refractivity contribution in [3.8, 4) is 11.5 Å². The van der Waals surface area contributed by atoms with Gasteiger partial charge in [-0.3, -0.25) is 14.7 Å². The maximum absolute atomic E-state index is 11.0. The molecular formula is C24H27N5O4. The Bertz CT molecular complexity index is 1060. The fraction of sp³-hybridized carbons (Fsp3) is 0.292. The molecule has 1 fully saturated rings. The van der Waals surface area contributed by atoms with Crippen molar-refractivity contribution < 1.29 is 19.0 Å². The van der Waals surface area contributed by atoms with Crippen LogP contribution in [-0.2, 0) is 16.1 Å². The minimum atomic E-state index is -0.533. The van der Waals surface area contributed by atoms with E-state index >= 15 is 0 Å². The van der Waals surface area contributed by atoms with Crippen molar-refractivity contribution in [1.29, 1.82) is 0 Å². The summed E-state index contributed by atoms with van der Waals surface area (Å²) < 4.78 is 16.8. The smallest absolute Gasteiger partial charge is 0.255 e. The highest BCUT2D eigenvalue weighted by Gasteiger charge is 2.23. The number of aromatic nitrogens is 2. The molecule has 1 atom stereocenters. The number of rotatable bonds is 9. The van der Waals surface area contributed by atoms with E-state index in [2.05, 4.69) is 20.2 Å². The molecule has 1 saturated heterocycles. The first-order chi connectivity index (χ1) is 16.1. The number of morpholine rings is 1. The van der Waals surface area contributed by atoms with Gasteiger partial charge in [-0.15, -0.1) is 0 Å². The van der Waals surface area contributed by atoms with Gasteiger partial charge < -0.3 is 25.3 Å². The van der Waals surface area contributed by atoms with E-state index in [1.165, 1.54) is 0 Å². The van der Waals surface area contributed by atoms with Gasteiger partial charge in [0.2, 0.25) is 0 Å². The third-order valence-corrected chi connectivity index (χ3v) is 5.21. The lowest BCUT2D eigenvalue weighted by molar-refractivity contribution is -0.119. The molecule has 0 unspecified atom stereocenters. The summed E-state index contributed by atoms with van der Waals surface area (Å²) in [5.41, 5.74) is 7.98. The number of nitrogens with zero attached hydrogens (tertiary/aromatic N) is 3. The summed E-state index contributed by atoms with van der Waals surface area (Å²) in [7, 11) is 1.57. The molecule has 1 aromatic carbocycles. The average Bonchev–Trinajstić information content (AvgIpc) is 2.84. The number of hydrogen-bond acceptors (Lipinski definition) is 8. The summed E-state index contributed by atoms with van der Waals surface area (Å²) in [6.45, 7) is 2.70. The molecule has 0 spiro atoms. The van der Waals surface area contributed by atoms with Crippen molar-refractivity contribution in [1.82, 2.24) is 14.9 Å². The van der Waals surface area contributed by atoms with Gasteiger partial charge in [0.15, 0.2) is 18.1 Å². The molecule has 0 radical (unpaired) electrons. The lowest BCUT2D eigenvalue weighted by Crippen LogP contribution is -2.38. The van der Waals surface area contributed by atoms with Crippen molar-refractivity contribution in [2.75, 3.05) is 38.7 Å². The standard InChI is InChI=1S/C24H27N5O4/c1-31-21-12-17(5-8-20(21)33-16-23(25)30)14-29-10-11-32-22(15-29)19-7-6-18(13-27-19)28-24-4-2-3-9-26-24/h2-9,12-13,22H,10-11,14-16H2,1H3,(H2,25,30)(H,26,28)/t22-/m0/s1. The van der Waals surface area contributed by atoms with Crippen LogP contribution in [0.25, 0.3) is 0 Å². The second-order valence-corrected chi connectivity index (χ2v) is 7.65. The van der Waals surface area contributed by atoms with Gasteiger partial charge in [0.1, 0.15) is 11.9 Å². The van der Waals surface area contributed by atoms with Gasteiger partial charge in [-0.05, 0) is 42.0 Å². The monoisotopic (exact) mass is 449 g/mol. The van der Waals surface area contributed by atoms with Crippen LogP contribution >= 0.6 is 0 Å². The number of nitrogens with two attached hydrogens (primary N) is 1. The molecule has 3 heterocycles. The number of benzene rings is 1. The van der Waals surface area contributed by atoms with Gasteiger partial charge in [0.25, 0.3) is 5.91 Å². The normalized spacial score (nSPS) is 16.2. The largest absolute Gasteiger partial charge is 0.493 e. The van der Waals surface area contributed by atoms with Crippen molar-refractivity contribution in [3.05, 3.63) is 72.2 Å². The third kappa shape index (κ3) is 6.18. The van der Waals surface area contributed by atoms with Crippen molar-refractivity contribution in [2.24, 2.45) is 5.73 Å². The molecule has 1 aliphatic rings. The zero-order chi connectivity index (χ0) is 23.0. The zero-order valence-corrected chi connectivity index (χ0v) is 18.4. The molecule has 9 heteroatoms. The van der Waals surface area contributed by atoms with Crippen LogP contribution in [0.2, 0.25) is 0 Å². The Balaban J connectivity index is 1.37. The molecule has 3 aromatic rings. The number of primary amides is 1. The number of carbonyl (C=O) groups excluding carboxylic acids is 1. The first-order valence-corrected chi connectivity index (χ1v) is 10.7. The second kappa shape index (κ2) is 10.8. The van der Waals surface area contributed by atoms with Gasteiger partial charge in [-0.1, -0.05) is 12.1 Å². The van der Waals surface area contributed by atoms with E-state index in [1.807, 2.05) is 42.5 Å². The lowest BCUT2D eigenvalue weighted by atomic mass is 10.1. The molecule has 0 bridgehead atoms. The number of ether oxygens (including phenoxy) is 3. The van der Waals surface area contributed by atoms with E-state index in [-0.39, 0.29) is 12.7 Å². The number of carbonyl (C=O) groups is 1. The number of nitrogens with one attached hydrogen (secondary N) is 1. The fourth-order valence-corrected chi connectivity index (χ4v) is 3.62. The van der Waals surface area contributed by atoms with Crippen molar-refractivity contribution in [2.45, 2.75) is 12.6 Å². The number of amides is 1. The Labute approximate surface area is 192 Å². The Morgan fingerprint density at radius 1 is 1.21 bits per heavy atom. The average molecular weight is 450 g/mol. The number of pyridine rings is 2. The van der Waals surface area contributed by atoms with Crippen molar-refractivity contribution >= 4 is 17.4 Å². The molecule has 0 aliphatic carbocycles. The summed E-state index contributed by atoms with van der Waals surface area (Å²) in [5, 5.41) is 3.23. The minimum absolute atomic E-state index is 0.109. The van der Waals surface area contributed by atoms with Gasteiger partial charge in [-0.25, -0.2) is 4.98 Å². The molecule has 33 heavy (non-hydrogen) atoms. The SMILES string of the molecule is COc1cc(CN2CCO[C@H](c3ccc(Nc4ccccn4)cn3)C2)ccc1OCC(N)=O. The summed E-state index contributed by atoms with van der Waals surface area (Å²) in [6.07, 6.45) is 3.43. The second-order valence-electron chi connectivity index (χ2n) is 7.65. The Morgan fingerprint density at radius 3 is 2.85 bits per heavy atom. The number of anilines is 2. The van der Waals surface area contributed by atoms with Crippen LogP contribution in [0.4, 0.5) is 11.5 Å². The maximum atomic E-state index is 11.0. The van der Waals surface area contributed by atoms with E-state index in [9.17, 15) is 4.79 Å². The van der Waals surface area contributed by atoms with E-state index in [4.69, 9.17) is 19.9 Å². The summed E-state index contributed by atoms with van der Waals surface area (Å²) >= 11 is 0. The van der Waals surface area contributed by atoms with Crippen LogP contribution in [0.1, 0.15) is 17.4 Å². The maximum Gasteiger partial charge on any atom is 0.255 e. The topological polar surface area (TPSA) is 112 Å². The summed E-state index contributed by atoms with van der Waals surface area (Å²) in [6, 6.07) is 15.3. The molecule has 4 rings (SSSR count). The lowest BCUT2D eigenvalue weighted by Gasteiger charge is -2.32.